The highest BCUT2D eigenvalue weighted by molar-refractivity contribution is 9.10. The Morgan fingerprint density at radius 3 is 2.58 bits per heavy atom. The first-order valence-electron chi connectivity index (χ1n) is 7.39. The molecule has 0 radical (unpaired) electrons. The zero-order valence-corrected chi connectivity index (χ0v) is 13.6. The van der Waals surface area contributed by atoms with E-state index >= 15 is 0 Å². The summed E-state index contributed by atoms with van der Waals surface area (Å²) in [6.07, 6.45) is 5.41. The summed E-state index contributed by atoms with van der Waals surface area (Å²) in [5, 5.41) is 0. The molecule has 0 saturated heterocycles. The molecule has 2 nitrogen and oxygen atoms in total. The Hall–Kier alpha value is -0.380. The van der Waals surface area contributed by atoms with Crippen LogP contribution in [0.15, 0.2) is 22.7 Å². The third-order valence-corrected chi connectivity index (χ3v) is 5.24. The van der Waals surface area contributed by atoms with Crippen molar-refractivity contribution in [2.75, 3.05) is 13.1 Å². The maximum Gasteiger partial charge on any atom is 0.0473 e. The number of aryl methyl sites for hydroxylation is 1. The van der Waals surface area contributed by atoms with Crippen molar-refractivity contribution in [3.8, 4) is 0 Å². The van der Waals surface area contributed by atoms with Crippen molar-refractivity contribution in [2.45, 2.75) is 51.6 Å². The average Bonchev–Trinajstić information content (AvgIpc) is 2.93. The molecule has 0 spiro atoms. The largest absolute Gasteiger partial charge is 0.329 e. The summed E-state index contributed by atoms with van der Waals surface area (Å²) in [6.45, 7) is 6.19. The lowest BCUT2D eigenvalue weighted by molar-refractivity contribution is 0.147. The highest BCUT2D eigenvalue weighted by atomic mass is 79.9. The molecule has 1 atom stereocenters. The highest BCUT2D eigenvalue weighted by Gasteiger charge is 2.27. The molecule has 0 aromatic heterocycles. The van der Waals surface area contributed by atoms with Crippen LogP contribution in [-0.2, 0) is 0 Å². The Morgan fingerprint density at radius 2 is 2.05 bits per heavy atom. The highest BCUT2D eigenvalue weighted by Crippen LogP contribution is 2.31. The molecule has 0 bridgehead atoms. The second kappa shape index (κ2) is 6.87. The van der Waals surface area contributed by atoms with E-state index in [0.29, 0.717) is 12.6 Å². The lowest BCUT2D eigenvalue weighted by Crippen LogP contribution is -2.40. The lowest BCUT2D eigenvalue weighted by Gasteiger charge is -2.35. The molecule has 2 rings (SSSR count). The van der Waals surface area contributed by atoms with Gasteiger partial charge in [0.2, 0.25) is 0 Å². The van der Waals surface area contributed by atoms with Gasteiger partial charge < -0.3 is 5.73 Å². The topological polar surface area (TPSA) is 29.3 Å². The van der Waals surface area contributed by atoms with Crippen molar-refractivity contribution < 1.29 is 0 Å². The quantitative estimate of drug-likeness (QED) is 0.886. The molecule has 3 heteroatoms. The van der Waals surface area contributed by atoms with E-state index in [9.17, 15) is 0 Å². The molecule has 0 amide bonds. The van der Waals surface area contributed by atoms with Crippen LogP contribution in [0.2, 0.25) is 0 Å². The molecule has 2 N–H and O–H groups in total. The summed E-state index contributed by atoms with van der Waals surface area (Å²) in [4.78, 5) is 2.61. The summed E-state index contributed by atoms with van der Waals surface area (Å²) in [6, 6.07) is 7.73. The van der Waals surface area contributed by atoms with Gasteiger partial charge in [0.05, 0.1) is 0 Å². The number of likely N-dealkylation sites (N-methyl/N-ethyl adjacent to an activating group) is 1. The molecule has 1 aliphatic carbocycles. The van der Waals surface area contributed by atoms with Gasteiger partial charge in [0.1, 0.15) is 0 Å². The van der Waals surface area contributed by atoms with Crippen molar-refractivity contribution in [1.82, 2.24) is 4.90 Å². The van der Waals surface area contributed by atoms with Crippen LogP contribution in [0.5, 0.6) is 0 Å². The Morgan fingerprint density at radius 1 is 1.37 bits per heavy atom. The molecular formula is C16H25BrN2. The first-order chi connectivity index (χ1) is 9.17. The third-order valence-electron chi connectivity index (χ3n) is 4.35. The van der Waals surface area contributed by atoms with E-state index in [1.165, 1.54) is 41.3 Å². The van der Waals surface area contributed by atoms with E-state index in [2.05, 4.69) is 52.9 Å². The number of hydrogen-bond acceptors (Lipinski definition) is 2. The van der Waals surface area contributed by atoms with E-state index in [-0.39, 0.29) is 0 Å². The fourth-order valence-electron chi connectivity index (χ4n) is 3.31. The maximum atomic E-state index is 6.08. The molecule has 1 aliphatic rings. The summed E-state index contributed by atoms with van der Waals surface area (Å²) in [5.41, 5.74) is 8.73. The fraction of sp³-hybridized carbons (Fsp3) is 0.625. The van der Waals surface area contributed by atoms with Crippen LogP contribution in [0.1, 0.15) is 49.8 Å². The number of benzene rings is 1. The zero-order chi connectivity index (χ0) is 13.8. The Kier molecular flexibility index (Phi) is 5.43. The lowest BCUT2D eigenvalue weighted by atomic mass is 10.0. The average molecular weight is 325 g/mol. The second-order valence-electron chi connectivity index (χ2n) is 5.53. The van der Waals surface area contributed by atoms with Gasteiger partial charge >= 0.3 is 0 Å². The van der Waals surface area contributed by atoms with Gasteiger partial charge in [0, 0.05) is 23.1 Å². The summed E-state index contributed by atoms with van der Waals surface area (Å²) in [7, 11) is 0. The molecule has 106 valence electrons. The summed E-state index contributed by atoms with van der Waals surface area (Å²) < 4.78 is 1.18. The van der Waals surface area contributed by atoms with Crippen molar-refractivity contribution in [3.05, 3.63) is 33.8 Å². The molecule has 1 fully saturated rings. The summed E-state index contributed by atoms with van der Waals surface area (Å²) >= 11 is 3.58. The van der Waals surface area contributed by atoms with Crippen molar-refractivity contribution >= 4 is 15.9 Å². The van der Waals surface area contributed by atoms with Gasteiger partial charge in [-0.1, -0.05) is 47.8 Å². The minimum Gasteiger partial charge on any atom is -0.329 e. The van der Waals surface area contributed by atoms with Crippen molar-refractivity contribution in [3.63, 3.8) is 0 Å². The van der Waals surface area contributed by atoms with Crippen LogP contribution in [0.3, 0.4) is 0 Å². The Labute approximate surface area is 125 Å². The van der Waals surface area contributed by atoms with E-state index in [1.54, 1.807) is 0 Å². The van der Waals surface area contributed by atoms with Gasteiger partial charge in [-0.15, -0.1) is 0 Å². The SMILES string of the molecule is CCN(C1CCCC1)C(CN)c1ccc(Br)c(C)c1. The van der Waals surface area contributed by atoms with Crippen LogP contribution < -0.4 is 5.73 Å². The third kappa shape index (κ3) is 3.39. The Balaban J connectivity index is 2.23. The number of hydrogen-bond donors (Lipinski definition) is 1. The number of rotatable bonds is 5. The molecule has 19 heavy (non-hydrogen) atoms. The molecule has 1 aromatic carbocycles. The van der Waals surface area contributed by atoms with Crippen LogP contribution in [0.25, 0.3) is 0 Å². The predicted molar refractivity (Wildman–Crippen MR) is 85.3 cm³/mol. The monoisotopic (exact) mass is 324 g/mol. The van der Waals surface area contributed by atoms with Gasteiger partial charge in [0.15, 0.2) is 0 Å². The van der Waals surface area contributed by atoms with Crippen LogP contribution in [0, 0.1) is 6.92 Å². The van der Waals surface area contributed by atoms with Crippen LogP contribution in [0.4, 0.5) is 0 Å². The minimum atomic E-state index is 0.361. The molecular weight excluding hydrogens is 300 g/mol. The first kappa shape index (κ1) is 15.0. The van der Waals surface area contributed by atoms with E-state index in [1.807, 2.05) is 0 Å². The molecule has 0 aliphatic heterocycles. The maximum absolute atomic E-state index is 6.08. The number of nitrogens with two attached hydrogens (primary N) is 1. The van der Waals surface area contributed by atoms with Crippen molar-refractivity contribution in [1.29, 1.82) is 0 Å². The zero-order valence-electron chi connectivity index (χ0n) is 12.0. The van der Waals surface area contributed by atoms with Gasteiger partial charge in [-0.05, 0) is 43.5 Å². The molecule has 1 unspecified atom stereocenters. The fourth-order valence-corrected chi connectivity index (χ4v) is 3.55. The van der Waals surface area contributed by atoms with Gasteiger partial charge in [0.25, 0.3) is 0 Å². The predicted octanol–water partition coefficient (Wildman–Crippen LogP) is 4.02. The van der Waals surface area contributed by atoms with Gasteiger partial charge in [-0.3, -0.25) is 4.90 Å². The van der Waals surface area contributed by atoms with E-state index in [0.717, 1.165) is 12.6 Å². The van der Waals surface area contributed by atoms with Crippen molar-refractivity contribution in [2.24, 2.45) is 5.73 Å². The standard InChI is InChI=1S/C16H25BrN2/c1-3-19(14-6-4-5-7-14)16(11-18)13-8-9-15(17)12(2)10-13/h8-10,14,16H,3-7,11,18H2,1-2H3. The van der Waals surface area contributed by atoms with E-state index < -0.39 is 0 Å². The van der Waals surface area contributed by atoms with Gasteiger partial charge in [-0.25, -0.2) is 0 Å². The van der Waals surface area contributed by atoms with Gasteiger partial charge in [-0.2, -0.15) is 0 Å². The smallest absolute Gasteiger partial charge is 0.0473 e. The molecule has 1 saturated carbocycles. The first-order valence-corrected chi connectivity index (χ1v) is 8.18. The van der Waals surface area contributed by atoms with Crippen LogP contribution >= 0.6 is 15.9 Å². The number of halogens is 1. The number of nitrogens with zero attached hydrogens (tertiary/aromatic N) is 1. The van der Waals surface area contributed by atoms with Crippen LogP contribution in [-0.4, -0.2) is 24.0 Å². The molecule has 0 heterocycles. The van der Waals surface area contributed by atoms with E-state index in [4.69, 9.17) is 5.73 Å². The second-order valence-corrected chi connectivity index (χ2v) is 6.38. The Bertz CT molecular complexity index is 413. The normalized spacial score (nSPS) is 18.2. The minimum absolute atomic E-state index is 0.361. The summed E-state index contributed by atoms with van der Waals surface area (Å²) in [5.74, 6) is 0. The molecule has 1 aromatic rings.